The fraction of sp³-hybridized carbons (Fsp3) is 0.0833. The van der Waals surface area contributed by atoms with E-state index in [4.69, 9.17) is 5.26 Å². The van der Waals surface area contributed by atoms with Gasteiger partial charge in [-0.05, 0) is 24.3 Å². The van der Waals surface area contributed by atoms with Crippen molar-refractivity contribution in [1.29, 1.82) is 5.26 Å². The molecule has 1 aromatic carbocycles. The van der Waals surface area contributed by atoms with Crippen LogP contribution in [0, 0.1) is 11.5 Å². The van der Waals surface area contributed by atoms with E-state index in [0.717, 1.165) is 10.2 Å². The number of hydrogen-bond donors (Lipinski definition) is 1. The van der Waals surface area contributed by atoms with Crippen LogP contribution in [0.4, 0.5) is 17.3 Å². The zero-order valence-electron chi connectivity index (χ0n) is 9.63. The Hall–Kier alpha value is -2.13. The zero-order chi connectivity index (χ0) is 13.0. The van der Waals surface area contributed by atoms with Gasteiger partial charge in [0.1, 0.15) is 18.0 Å². The molecule has 0 saturated carbocycles. The predicted molar refractivity (Wildman–Crippen MR) is 73.5 cm³/mol. The minimum Gasteiger partial charge on any atom is -0.329 e. The molecule has 1 N–H and O–H groups in total. The molecule has 2 rings (SSSR count). The number of rotatable bonds is 3. The first kappa shape index (κ1) is 12.3. The molecule has 1 heterocycles. The molecular formula is C12H10BrN5. The monoisotopic (exact) mass is 303 g/mol. The Balaban J connectivity index is 2.28. The molecule has 0 fully saturated rings. The largest absolute Gasteiger partial charge is 0.329 e. The van der Waals surface area contributed by atoms with Gasteiger partial charge in [0.25, 0.3) is 0 Å². The Kier molecular flexibility index (Phi) is 3.75. The third-order valence-corrected chi connectivity index (χ3v) is 2.92. The van der Waals surface area contributed by atoms with Crippen LogP contribution in [0.25, 0.3) is 0 Å². The molecule has 1 aromatic heterocycles. The Morgan fingerprint density at radius 1 is 1.28 bits per heavy atom. The van der Waals surface area contributed by atoms with Crippen LogP contribution in [0.1, 0.15) is 0 Å². The average Bonchev–Trinajstić information content (AvgIpc) is 2.39. The second-order valence-electron chi connectivity index (χ2n) is 3.53. The van der Waals surface area contributed by atoms with Crippen LogP contribution in [0.5, 0.6) is 0 Å². The van der Waals surface area contributed by atoms with Gasteiger partial charge >= 0.3 is 0 Å². The number of aromatic nitrogens is 2. The summed E-state index contributed by atoms with van der Waals surface area (Å²) in [5, 5.41) is 11.0. The Labute approximate surface area is 113 Å². The second-order valence-corrected chi connectivity index (χ2v) is 4.45. The quantitative estimate of drug-likeness (QED) is 0.697. The van der Waals surface area contributed by atoms with E-state index in [1.165, 1.54) is 6.33 Å². The lowest BCUT2D eigenvalue weighted by Gasteiger charge is -2.18. The summed E-state index contributed by atoms with van der Waals surface area (Å²) < 4.78 is 1.02. The molecule has 0 aliphatic carbocycles. The van der Waals surface area contributed by atoms with Crippen LogP contribution in [-0.2, 0) is 0 Å². The highest BCUT2D eigenvalue weighted by Crippen LogP contribution is 2.24. The molecule has 0 aliphatic rings. The third kappa shape index (κ3) is 2.76. The van der Waals surface area contributed by atoms with Crippen LogP contribution in [0.3, 0.4) is 0 Å². The average molecular weight is 304 g/mol. The first-order valence-corrected chi connectivity index (χ1v) is 5.96. The standard InChI is InChI=1S/C12H10BrN5/c1-18(10-4-2-9(13)3-5-10)12-6-11(15-7-14)16-8-17-12/h2-6,8H,1H3,(H,15,16,17). The second kappa shape index (κ2) is 5.47. The van der Waals surface area contributed by atoms with Crippen molar-refractivity contribution in [2.45, 2.75) is 0 Å². The number of nitrogens with zero attached hydrogens (tertiary/aromatic N) is 4. The molecule has 0 spiro atoms. The normalized spacial score (nSPS) is 9.61. The lowest BCUT2D eigenvalue weighted by molar-refractivity contribution is 1.08. The molecule has 0 aliphatic heterocycles. The number of anilines is 3. The lowest BCUT2D eigenvalue weighted by Crippen LogP contribution is -2.11. The first-order chi connectivity index (χ1) is 8.70. The molecule has 0 atom stereocenters. The van der Waals surface area contributed by atoms with E-state index in [2.05, 4.69) is 31.2 Å². The molecule has 0 saturated heterocycles. The molecule has 0 radical (unpaired) electrons. The van der Waals surface area contributed by atoms with Crippen LogP contribution >= 0.6 is 15.9 Å². The molecule has 5 nitrogen and oxygen atoms in total. The van der Waals surface area contributed by atoms with Crippen molar-refractivity contribution in [3.05, 3.63) is 41.1 Å². The summed E-state index contributed by atoms with van der Waals surface area (Å²) in [6.45, 7) is 0. The number of benzene rings is 1. The van der Waals surface area contributed by atoms with Crippen molar-refractivity contribution >= 4 is 33.3 Å². The summed E-state index contributed by atoms with van der Waals surface area (Å²) in [5.41, 5.74) is 1.000. The smallest absolute Gasteiger partial charge is 0.182 e. The van der Waals surface area contributed by atoms with Gasteiger partial charge in [0.2, 0.25) is 0 Å². The molecule has 0 amide bonds. The minimum atomic E-state index is 0.478. The Morgan fingerprint density at radius 3 is 2.67 bits per heavy atom. The van der Waals surface area contributed by atoms with Gasteiger partial charge in [-0.1, -0.05) is 15.9 Å². The molecule has 90 valence electrons. The van der Waals surface area contributed by atoms with Crippen molar-refractivity contribution < 1.29 is 0 Å². The van der Waals surface area contributed by atoms with Gasteiger partial charge in [-0.25, -0.2) is 9.97 Å². The summed E-state index contributed by atoms with van der Waals surface area (Å²) in [6, 6.07) is 9.58. The molecule has 0 unspecified atom stereocenters. The SMILES string of the molecule is CN(c1ccc(Br)cc1)c1cc(NC#N)ncn1. The van der Waals surface area contributed by atoms with Crippen LogP contribution in [0.15, 0.2) is 41.1 Å². The molecular weight excluding hydrogens is 294 g/mol. The Bertz CT molecular complexity index is 576. The highest BCUT2D eigenvalue weighted by Gasteiger charge is 2.06. The van der Waals surface area contributed by atoms with Crippen LogP contribution < -0.4 is 10.2 Å². The van der Waals surface area contributed by atoms with Crippen LogP contribution in [-0.4, -0.2) is 17.0 Å². The van der Waals surface area contributed by atoms with E-state index in [0.29, 0.717) is 11.6 Å². The van der Waals surface area contributed by atoms with Gasteiger partial charge in [-0.2, -0.15) is 5.26 Å². The summed E-state index contributed by atoms with van der Waals surface area (Å²) in [4.78, 5) is 10.0. The third-order valence-electron chi connectivity index (χ3n) is 2.39. The van der Waals surface area contributed by atoms with E-state index in [1.807, 2.05) is 42.4 Å². The fourth-order valence-electron chi connectivity index (χ4n) is 1.45. The highest BCUT2D eigenvalue weighted by atomic mass is 79.9. The molecule has 2 aromatic rings. The van der Waals surface area contributed by atoms with E-state index in [1.54, 1.807) is 6.07 Å². The van der Waals surface area contributed by atoms with E-state index < -0.39 is 0 Å². The summed E-state index contributed by atoms with van der Waals surface area (Å²) in [6.07, 6.45) is 3.25. The number of hydrogen-bond acceptors (Lipinski definition) is 5. The van der Waals surface area contributed by atoms with Crippen molar-refractivity contribution in [3.63, 3.8) is 0 Å². The maximum absolute atomic E-state index is 8.56. The summed E-state index contributed by atoms with van der Waals surface area (Å²) >= 11 is 3.39. The highest BCUT2D eigenvalue weighted by molar-refractivity contribution is 9.10. The minimum absolute atomic E-state index is 0.478. The maximum Gasteiger partial charge on any atom is 0.182 e. The van der Waals surface area contributed by atoms with Gasteiger partial charge < -0.3 is 4.90 Å². The fourth-order valence-corrected chi connectivity index (χ4v) is 1.72. The summed E-state index contributed by atoms with van der Waals surface area (Å²) in [5.74, 6) is 1.19. The predicted octanol–water partition coefficient (Wildman–Crippen LogP) is 2.90. The van der Waals surface area contributed by atoms with Gasteiger partial charge in [-0.15, -0.1) is 0 Å². The van der Waals surface area contributed by atoms with Crippen molar-refractivity contribution in [1.82, 2.24) is 9.97 Å². The van der Waals surface area contributed by atoms with Crippen molar-refractivity contribution in [3.8, 4) is 6.19 Å². The lowest BCUT2D eigenvalue weighted by atomic mass is 10.3. The molecule has 6 heteroatoms. The number of nitrogens with one attached hydrogen (secondary N) is 1. The van der Waals surface area contributed by atoms with Crippen LogP contribution in [0.2, 0.25) is 0 Å². The van der Waals surface area contributed by atoms with E-state index >= 15 is 0 Å². The topological polar surface area (TPSA) is 64.8 Å². The van der Waals surface area contributed by atoms with Gasteiger partial charge in [-0.3, -0.25) is 5.32 Å². The molecule has 18 heavy (non-hydrogen) atoms. The van der Waals surface area contributed by atoms with Gasteiger partial charge in [0, 0.05) is 23.3 Å². The van der Waals surface area contributed by atoms with E-state index in [9.17, 15) is 0 Å². The number of nitriles is 1. The summed E-state index contributed by atoms with van der Waals surface area (Å²) in [7, 11) is 1.90. The van der Waals surface area contributed by atoms with Gasteiger partial charge in [0.05, 0.1) is 0 Å². The van der Waals surface area contributed by atoms with Crippen molar-refractivity contribution in [2.75, 3.05) is 17.3 Å². The molecule has 0 bridgehead atoms. The zero-order valence-corrected chi connectivity index (χ0v) is 11.2. The Morgan fingerprint density at radius 2 is 2.00 bits per heavy atom. The van der Waals surface area contributed by atoms with Gasteiger partial charge in [0.15, 0.2) is 6.19 Å². The van der Waals surface area contributed by atoms with E-state index in [-0.39, 0.29) is 0 Å². The van der Waals surface area contributed by atoms with Crippen molar-refractivity contribution in [2.24, 2.45) is 0 Å². The number of halogens is 1. The maximum atomic E-state index is 8.56. The first-order valence-electron chi connectivity index (χ1n) is 5.17.